The Bertz CT molecular complexity index is 1110. The summed E-state index contributed by atoms with van der Waals surface area (Å²) in [7, 11) is 1.64. The summed E-state index contributed by atoms with van der Waals surface area (Å²) in [5, 5.41) is 12.4. The van der Waals surface area contributed by atoms with Gasteiger partial charge in [-0.1, -0.05) is 54.2 Å². The minimum Gasteiger partial charge on any atom is -0.496 e. The Labute approximate surface area is 193 Å². The molecule has 6 nitrogen and oxygen atoms in total. The zero-order valence-electron chi connectivity index (χ0n) is 18.5. The molecule has 4 rings (SSSR count). The number of nitrogens with zero attached hydrogens (tertiary/aromatic N) is 3. The van der Waals surface area contributed by atoms with Crippen LogP contribution < -0.4 is 10.1 Å². The third-order valence-electron chi connectivity index (χ3n) is 5.71. The van der Waals surface area contributed by atoms with Crippen LogP contribution in [-0.4, -0.2) is 33.0 Å². The average Bonchev–Trinajstić information content (AvgIpc) is 3.21. The second-order valence-electron chi connectivity index (χ2n) is 7.82. The number of amides is 1. The van der Waals surface area contributed by atoms with E-state index in [0.29, 0.717) is 17.5 Å². The topological polar surface area (TPSA) is 69.0 Å². The number of carbonyl (C=O) groups excluding carboxylic acids is 1. The highest BCUT2D eigenvalue weighted by Gasteiger charge is 2.26. The van der Waals surface area contributed by atoms with Crippen molar-refractivity contribution in [1.82, 2.24) is 20.1 Å². The molecule has 0 bridgehead atoms. The first-order valence-electron chi connectivity index (χ1n) is 10.8. The van der Waals surface area contributed by atoms with E-state index in [1.54, 1.807) is 13.2 Å². The fourth-order valence-electron chi connectivity index (χ4n) is 4.10. The highest BCUT2D eigenvalue weighted by Crippen LogP contribution is 2.33. The summed E-state index contributed by atoms with van der Waals surface area (Å²) in [6.07, 6.45) is 4.92. The van der Waals surface area contributed by atoms with Gasteiger partial charge in [0.2, 0.25) is 5.91 Å². The molecule has 1 amide bonds. The predicted octanol–water partition coefficient (Wildman–Crippen LogP) is 4.81. The maximum atomic E-state index is 13.0. The van der Waals surface area contributed by atoms with Crippen molar-refractivity contribution in [3.05, 3.63) is 72.3 Å². The molecule has 0 radical (unpaired) electrons. The Morgan fingerprint density at radius 3 is 2.88 bits per heavy atom. The molecular weight excluding hydrogens is 420 g/mol. The lowest BCUT2D eigenvalue weighted by atomic mass is 9.88. The van der Waals surface area contributed by atoms with E-state index in [1.807, 2.05) is 41.8 Å². The molecule has 3 aromatic rings. The fourth-order valence-corrected chi connectivity index (χ4v) is 4.97. The van der Waals surface area contributed by atoms with Crippen LogP contribution >= 0.6 is 11.8 Å². The van der Waals surface area contributed by atoms with Crippen molar-refractivity contribution < 1.29 is 9.53 Å². The molecule has 1 aromatic heterocycles. The van der Waals surface area contributed by atoms with Crippen LogP contribution in [-0.2, 0) is 17.8 Å². The minimum atomic E-state index is -0.317. The van der Waals surface area contributed by atoms with Crippen LogP contribution in [0.15, 0.2) is 66.3 Å². The van der Waals surface area contributed by atoms with Gasteiger partial charge in [0, 0.05) is 6.54 Å². The summed E-state index contributed by atoms with van der Waals surface area (Å²) in [5.74, 6) is 1.42. The molecule has 2 atom stereocenters. The minimum absolute atomic E-state index is 0.00342. The maximum absolute atomic E-state index is 13.0. The first-order valence-corrected chi connectivity index (χ1v) is 11.7. The van der Waals surface area contributed by atoms with Crippen LogP contribution in [0, 0.1) is 0 Å². The van der Waals surface area contributed by atoms with Gasteiger partial charge in [-0.15, -0.1) is 16.8 Å². The van der Waals surface area contributed by atoms with Crippen molar-refractivity contribution in [2.24, 2.45) is 0 Å². The Kier molecular flexibility index (Phi) is 6.95. The number of carbonyl (C=O) groups is 1. The molecule has 1 aliphatic carbocycles. The average molecular weight is 449 g/mol. The molecule has 0 saturated carbocycles. The molecule has 0 saturated heterocycles. The molecule has 32 heavy (non-hydrogen) atoms. The zero-order valence-corrected chi connectivity index (χ0v) is 19.3. The van der Waals surface area contributed by atoms with E-state index in [4.69, 9.17) is 4.74 Å². The summed E-state index contributed by atoms with van der Waals surface area (Å²) in [6.45, 7) is 6.31. The second-order valence-corrected chi connectivity index (χ2v) is 9.13. The van der Waals surface area contributed by atoms with Crippen LogP contribution in [0.4, 0.5) is 0 Å². The van der Waals surface area contributed by atoms with Gasteiger partial charge in [-0.2, -0.15) is 0 Å². The van der Waals surface area contributed by atoms with Crippen molar-refractivity contribution in [3.63, 3.8) is 0 Å². The van der Waals surface area contributed by atoms with Crippen molar-refractivity contribution >= 4 is 17.7 Å². The summed E-state index contributed by atoms with van der Waals surface area (Å²) < 4.78 is 7.46. The van der Waals surface area contributed by atoms with Gasteiger partial charge in [-0.3, -0.25) is 9.36 Å². The first kappa shape index (κ1) is 22.1. The van der Waals surface area contributed by atoms with E-state index in [0.717, 1.165) is 30.6 Å². The van der Waals surface area contributed by atoms with Gasteiger partial charge in [0.25, 0.3) is 0 Å². The van der Waals surface area contributed by atoms with E-state index in [9.17, 15) is 4.79 Å². The molecule has 166 valence electrons. The Morgan fingerprint density at radius 2 is 2.06 bits per heavy atom. The van der Waals surface area contributed by atoms with Crippen molar-refractivity contribution in [2.75, 3.05) is 7.11 Å². The number of nitrogens with one attached hydrogen (secondary N) is 1. The van der Waals surface area contributed by atoms with E-state index < -0.39 is 0 Å². The number of hydrogen-bond donors (Lipinski definition) is 1. The number of thioether (sulfide) groups is 1. The lowest BCUT2D eigenvalue weighted by Crippen LogP contribution is -2.36. The van der Waals surface area contributed by atoms with Crippen LogP contribution in [0.25, 0.3) is 11.4 Å². The molecular formula is C25H28N4O2S. The molecule has 0 aliphatic heterocycles. The summed E-state index contributed by atoms with van der Waals surface area (Å²) in [6, 6.07) is 16.1. The standard InChI is InChI=1S/C25H28N4O2S/c1-4-16-29-23(20-13-7-8-15-22(20)31-3)27-28-25(29)32-17(2)24(30)26-21-14-9-11-18-10-5-6-12-19(18)21/h4-8,10,12-13,15,17,21H,1,9,11,14,16H2,2-3H3,(H,26,30). The molecule has 7 heteroatoms. The molecule has 2 aromatic carbocycles. The number of benzene rings is 2. The number of para-hydroxylation sites is 1. The second kappa shape index (κ2) is 10.0. The molecule has 0 fully saturated rings. The smallest absolute Gasteiger partial charge is 0.233 e. The van der Waals surface area contributed by atoms with Gasteiger partial charge in [-0.25, -0.2) is 0 Å². The van der Waals surface area contributed by atoms with Gasteiger partial charge in [0.05, 0.1) is 24.0 Å². The highest BCUT2D eigenvalue weighted by atomic mass is 32.2. The number of rotatable bonds is 8. The number of aromatic nitrogens is 3. The molecule has 1 aliphatic rings. The van der Waals surface area contributed by atoms with E-state index >= 15 is 0 Å². The van der Waals surface area contributed by atoms with E-state index in [-0.39, 0.29) is 17.2 Å². The summed E-state index contributed by atoms with van der Waals surface area (Å²) >= 11 is 1.41. The number of aryl methyl sites for hydroxylation is 1. The number of allylic oxidation sites excluding steroid dienone is 1. The molecule has 1 heterocycles. The first-order chi connectivity index (χ1) is 15.6. The van der Waals surface area contributed by atoms with Crippen molar-refractivity contribution in [3.8, 4) is 17.1 Å². The number of fused-ring (bicyclic) bond motifs is 1. The van der Waals surface area contributed by atoms with E-state index in [1.165, 1.54) is 22.9 Å². The van der Waals surface area contributed by atoms with Crippen LogP contribution in [0.2, 0.25) is 0 Å². The largest absolute Gasteiger partial charge is 0.496 e. The third-order valence-corrected chi connectivity index (χ3v) is 6.79. The van der Waals surface area contributed by atoms with Crippen molar-refractivity contribution in [2.45, 2.75) is 49.2 Å². The Morgan fingerprint density at radius 1 is 1.28 bits per heavy atom. The quantitative estimate of drug-likeness (QED) is 0.395. The summed E-state index contributed by atoms with van der Waals surface area (Å²) in [4.78, 5) is 13.0. The van der Waals surface area contributed by atoms with Crippen molar-refractivity contribution in [1.29, 1.82) is 0 Å². The fraction of sp³-hybridized carbons (Fsp3) is 0.320. The SMILES string of the molecule is C=CCn1c(SC(C)C(=O)NC2CCCc3ccccc32)nnc1-c1ccccc1OC. The molecule has 0 spiro atoms. The van der Waals surface area contributed by atoms with E-state index in [2.05, 4.69) is 40.3 Å². The maximum Gasteiger partial charge on any atom is 0.233 e. The van der Waals surface area contributed by atoms with Gasteiger partial charge in [0.15, 0.2) is 11.0 Å². The monoisotopic (exact) mass is 448 g/mol. The van der Waals surface area contributed by atoms with Crippen LogP contribution in [0.5, 0.6) is 5.75 Å². The normalized spacial score (nSPS) is 16.1. The number of ether oxygens (including phenoxy) is 1. The lowest BCUT2D eigenvalue weighted by molar-refractivity contribution is -0.121. The van der Waals surface area contributed by atoms with Crippen LogP contribution in [0.3, 0.4) is 0 Å². The van der Waals surface area contributed by atoms with Gasteiger partial charge in [0.1, 0.15) is 5.75 Å². The Balaban J connectivity index is 1.52. The van der Waals surface area contributed by atoms with Gasteiger partial charge >= 0.3 is 0 Å². The van der Waals surface area contributed by atoms with Gasteiger partial charge < -0.3 is 10.1 Å². The zero-order chi connectivity index (χ0) is 22.5. The number of hydrogen-bond acceptors (Lipinski definition) is 5. The molecule has 1 N–H and O–H groups in total. The molecule has 2 unspecified atom stereocenters. The Hall–Kier alpha value is -3.06. The number of methoxy groups -OCH3 is 1. The summed E-state index contributed by atoms with van der Waals surface area (Å²) in [5.41, 5.74) is 3.42. The third kappa shape index (κ3) is 4.58. The van der Waals surface area contributed by atoms with Crippen LogP contribution in [0.1, 0.15) is 36.9 Å². The highest BCUT2D eigenvalue weighted by molar-refractivity contribution is 8.00. The lowest BCUT2D eigenvalue weighted by Gasteiger charge is -2.27. The van der Waals surface area contributed by atoms with Gasteiger partial charge in [-0.05, 0) is 49.4 Å². The predicted molar refractivity (Wildman–Crippen MR) is 128 cm³/mol.